The van der Waals surface area contributed by atoms with E-state index in [-0.39, 0.29) is 0 Å². The van der Waals surface area contributed by atoms with Crippen LogP contribution >= 0.6 is 11.6 Å². The second-order valence-corrected chi connectivity index (χ2v) is 4.16. The van der Waals surface area contributed by atoms with Gasteiger partial charge >= 0.3 is 0 Å². The molecule has 0 saturated carbocycles. The Morgan fingerprint density at radius 1 is 1.44 bits per heavy atom. The molecule has 0 bridgehead atoms. The molecule has 2 nitrogen and oxygen atoms in total. The monoisotopic (exact) mass is 239 g/mol. The van der Waals surface area contributed by atoms with Gasteiger partial charge in [0.05, 0.1) is 0 Å². The molecule has 1 rings (SSSR count). The van der Waals surface area contributed by atoms with Gasteiger partial charge in [-0.05, 0) is 31.2 Å². The van der Waals surface area contributed by atoms with Crippen LogP contribution in [-0.2, 0) is 0 Å². The summed E-state index contributed by atoms with van der Waals surface area (Å²) in [5, 5.41) is 3.77. The number of hydrogen-bond acceptors (Lipinski definition) is 2. The molecule has 0 aromatic heterocycles. The number of hydrogen-bond donors (Lipinski definition) is 1. The van der Waals surface area contributed by atoms with E-state index in [4.69, 9.17) is 16.3 Å². The van der Waals surface area contributed by atoms with Gasteiger partial charge in [0.1, 0.15) is 12.4 Å². The zero-order chi connectivity index (χ0) is 12.0. The molecule has 1 unspecified atom stereocenters. The van der Waals surface area contributed by atoms with Crippen LogP contribution in [0.1, 0.15) is 24.9 Å². The summed E-state index contributed by atoms with van der Waals surface area (Å²) < 4.78 is 5.42. The molecule has 0 amide bonds. The maximum atomic E-state index is 5.62. The number of halogens is 1. The molecule has 0 aliphatic carbocycles. The fraction of sp³-hybridized carbons (Fsp3) is 0.385. The molecule has 1 N–H and O–H groups in total. The maximum absolute atomic E-state index is 5.62. The van der Waals surface area contributed by atoms with E-state index in [9.17, 15) is 0 Å². The summed E-state index contributed by atoms with van der Waals surface area (Å²) in [7, 11) is 1.97. The summed E-state index contributed by atoms with van der Waals surface area (Å²) in [5.74, 6) is 0.816. The van der Waals surface area contributed by atoms with Gasteiger partial charge in [0.25, 0.3) is 0 Å². The molecule has 1 atom stereocenters. The van der Waals surface area contributed by atoms with Crippen LogP contribution in [0, 0.1) is 0 Å². The molecule has 0 spiro atoms. The second-order valence-electron chi connectivity index (χ2n) is 3.62. The smallest absolute Gasteiger partial charge is 0.123 e. The van der Waals surface area contributed by atoms with Gasteiger partial charge in [-0.15, -0.1) is 0 Å². The minimum absolute atomic E-state index is 0.351. The Morgan fingerprint density at radius 2 is 2.06 bits per heavy atom. The largest absolute Gasteiger partial charge is 0.488 e. The van der Waals surface area contributed by atoms with Crippen LogP contribution in [0.4, 0.5) is 0 Å². The van der Waals surface area contributed by atoms with Gasteiger partial charge in [-0.1, -0.05) is 37.2 Å². The van der Waals surface area contributed by atoms with Crippen molar-refractivity contribution in [2.75, 3.05) is 13.7 Å². The van der Waals surface area contributed by atoms with E-state index in [1.54, 1.807) is 0 Å². The zero-order valence-electron chi connectivity index (χ0n) is 9.79. The average molecular weight is 240 g/mol. The summed E-state index contributed by atoms with van der Waals surface area (Å²) in [5.41, 5.74) is 1.27. The van der Waals surface area contributed by atoms with E-state index in [0.717, 1.165) is 12.2 Å². The summed E-state index contributed by atoms with van der Waals surface area (Å²) in [4.78, 5) is 0. The normalized spacial score (nSPS) is 12.2. The lowest BCUT2D eigenvalue weighted by Gasteiger charge is -2.14. The summed E-state index contributed by atoms with van der Waals surface area (Å²) >= 11 is 5.62. The van der Waals surface area contributed by atoms with E-state index < -0.39 is 0 Å². The Bertz CT molecular complexity index is 330. The highest BCUT2D eigenvalue weighted by atomic mass is 35.5. The van der Waals surface area contributed by atoms with Crippen molar-refractivity contribution in [1.29, 1.82) is 0 Å². The van der Waals surface area contributed by atoms with Crippen molar-refractivity contribution in [2.24, 2.45) is 0 Å². The van der Waals surface area contributed by atoms with E-state index >= 15 is 0 Å². The van der Waals surface area contributed by atoms with Gasteiger partial charge in [-0.25, -0.2) is 0 Å². The fourth-order valence-electron chi connectivity index (χ4n) is 1.56. The Morgan fingerprint density at radius 3 is 2.50 bits per heavy atom. The molecule has 1 aromatic rings. The highest BCUT2D eigenvalue weighted by molar-refractivity contribution is 6.29. The first kappa shape index (κ1) is 13.1. The first-order valence-corrected chi connectivity index (χ1v) is 5.78. The number of nitrogens with one attached hydrogen (secondary N) is 1. The Hall–Kier alpha value is -0.990. The Balaban J connectivity index is 2.63. The third-order valence-corrected chi connectivity index (χ3v) is 2.54. The molecule has 0 fully saturated rings. The van der Waals surface area contributed by atoms with Crippen molar-refractivity contribution in [2.45, 2.75) is 19.4 Å². The molecule has 3 heteroatoms. The molecular weight excluding hydrogens is 222 g/mol. The quantitative estimate of drug-likeness (QED) is 0.821. The third-order valence-electron chi connectivity index (χ3n) is 2.43. The van der Waals surface area contributed by atoms with Crippen LogP contribution in [-0.4, -0.2) is 13.7 Å². The number of ether oxygens (including phenoxy) is 1. The van der Waals surface area contributed by atoms with Crippen LogP contribution in [0.3, 0.4) is 0 Å². The average Bonchev–Trinajstić information content (AvgIpc) is 2.29. The van der Waals surface area contributed by atoms with Crippen molar-refractivity contribution >= 4 is 11.6 Å². The first-order valence-electron chi connectivity index (χ1n) is 5.40. The predicted molar refractivity (Wildman–Crippen MR) is 69.0 cm³/mol. The summed E-state index contributed by atoms with van der Waals surface area (Å²) in [6.45, 7) is 6.08. The maximum Gasteiger partial charge on any atom is 0.123 e. The van der Waals surface area contributed by atoms with Crippen molar-refractivity contribution in [3.63, 3.8) is 0 Å². The van der Waals surface area contributed by atoms with E-state index in [1.807, 2.05) is 19.2 Å². The van der Waals surface area contributed by atoms with Gasteiger partial charge in [0, 0.05) is 11.1 Å². The standard InChI is InChI=1S/C13H18ClNO/c1-4-13(15-3)11-5-7-12(8-6-11)16-9-10(2)14/h5-8,13,15H,2,4,9H2,1,3H3. The van der Waals surface area contributed by atoms with Crippen LogP contribution in [0.15, 0.2) is 35.9 Å². The van der Waals surface area contributed by atoms with E-state index in [0.29, 0.717) is 17.7 Å². The van der Waals surface area contributed by atoms with Crippen molar-refractivity contribution in [1.82, 2.24) is 5.32 Å². The molecule has 1 aromatic carbocycles. The third kappa shape index (κ3) is 3.87. The molecule has 0 heterocycles. The molecule has 0 aliphatic rings. The predicted octanol–water partition coefficient (Wildman–Crippen LogP) is 3.49. The van der Waals surface area contributed by atoms with E-state index in [1.165, 1.54) is 5.56 Å². The first-order chi connectivity index (χ1) is 7.67. The highest BCUT2D eigenvalue weighted by Gasteiger charge is 2.05. The van der Waals surface area contributed by atoms with Gasteiger partial charge in [0.2, 0.25) is 0 Å². The zero-order valence-corrected chi connectivity index (χ0v) is 10.6. The number of rotatable bonds is 6. The summed E-state index contributed by atoms with van der Waals surface area (Å²) in [6, 6.07) is 8.44. The topological polar surface area (TPSA) is 21.3 Å². The minimum atomic E-state index is 0.351. The van der Waals surface area contributed by atoms with Crippen LogP contribution in [0.5, 0.6) is 5.75 Å². The van der Waals surface area contributed by atoms with Crippen LogP contribution < -0.4 is 10.1 Å². The van der Waals surface area contributed by atoms with E-state index in [2.05, 4.69) is 31.0 Å². The van der Waals surface area contributed by atoms with Crippen molar-refractivity contribution < 1.29 is 4.74 Å². The Kier molecular flexibility index (Phi) is 5.36. The highest BCUT2D eigenvalue weighted by Crippen LogP contribution is 2.20. The van der Waals surface area contributed by atoms with Crippen molar-refractivity contribution in [3.05, 3.63) is 41.4 Å². The molecule has 0 saturated heterocycles. The Labute approximate surface area is 102 Å². The molecule has 0 radical (unpaired) electrons. The SMILES string of the molecule is C=C(Cl)COc1ccc(C(CC)NC)cc1. The van der Waals surface area contributed by atoms with Gasteiger partial charge < -0.3 is 10.1 Å². The lowest BCUT2D eigenvalue weighted by atomic mass is 10.1. The van der Waals surface area contributed by atoms with Crippen molar-refractivity contribution in [3.8, 4) is 5.75 Å². The lowest BCUT2D eigenvalue weighted by Crippen LogP contribution is -2.14. The van der Waals surface area contributed by atoms with Gasteiger partial charge in [0.15, 0.2) is 0 Å². The molecule has 16 heavy (non-hydrogen) atoms. The van der Waals surface area contributed by atoms with Gasteiger partial charge in [-0.2, -0.15) is 0 Å². The van der Waals surface area contributed by atoms with Crippen LogP contribution in [0.2, 0.25) is 0 Å². The number of benzene rings is 1. The summed E-state index contributed by atoms with van der Waals surface area (Å²) in [6.07, 6.45) is 1.06. The van der Waals surface area contributed by atoms with Gasteiger partial charge in [-0.3, -0.25) is 0 Å². The second kappa shape index (κ2) is 6.56. The molecule has 0 aliphatic heterocycles. The lowest BCUT2D eigenvalue weighted by molar-refractivity contribution is 0.359. The molecule has 88 valence electrons. The molecular formula is C13H18ClNO. The fourth-order valence-corrected chi connectivity index (χ4v) is 1.62. The van der Waals surface area contributed by atoms with Crippen LogP contribution in [0.25, 0.3) is 0 Å². The minimum Gasteiger partial charge on any atom is -0.488 e.